The normalized spacial score (nSPS) is 9.73. The summed E-state index contributed by atoms with van der Waals surface area (Å²) < 4.78 is 17.1. The first-order valence-corrected chi connectivity index (χ1v) is 3.08. The highest BCUT2D eigenvalue weighted by Gasteiger charge is 2.15. The van der Waals surface area contributed by atoms with Crippen molar-refractivity contribution in [1.82, 2.24) is 4.98 Å². The van der Waals surface area contributed by atoms with Crippen molar-refractivity contribution in [2.24, 2.45) is 0 Å². The molecule has 1 N–H and O–H groups in total. The Kier molecular flexibility index (Phi) is 1.94. The second-order valence-electron chi connectivity index (χ2n) is 2.13. The predicted molar refractivity (Wildman–Crippen MR) is 36.8 cm³/mol. The molecule has 0 aliphatic heterocycles. The molecule has 0 amide bonds. The molecule has 1 aromatic rings. The Balaban J connectivity index is 3.10. The third-order valence-electron chi connectivity index (χ3n) is 1.42. The molecule has 0 saturated heterocycles. The standard InChI is InChI=1S/C7H8FNO2/c1-4-6(7(10)11-2)5(8)3-9-4/h3,9H,1-2H3. The zero-order valence-electron chi connectivity index (χ0n) is 6.27. The van der Waals surface area contributed by atoms with Gasteiger partial charge < -0.3 is 9.72 Å². The minimum absolute atomic E-state index is 0.0208. The molecule has 60 valence electrons. The minimum Gasteiger partial charge on any atom is -0.465 e. The fourth-order valence-electron chi connectivity index (χ4n) is 0.848. The fourth-order valence-corrected chi connectivity index (χ4v) is 0.848. The Hall–Kier alpha value is -1.32. The van der Waals surface area contributed by atoms with Crippen molar-refractivity contribution in [3.8, 4) is 0 Å². The summed E-state index contributed by atoms with van der Waals surface area (Å²) in [4.78, 5) is 13.4. The third kappa shape index (κ3) is 1.24. The molecule has 0 fully saturated rings. The Bertz CT molecular complexity index is 260. The van der Waals surface area contributed by atoms with Gasteiger partial charge in [0.25, 0.3) is 0 Å². The van der Waals surface area contributed by atoms with Crippen molar-refractivity contribution in [2.45, 2.75) is 6.92 Å². The van der Waals surface area contributed by atoms with Gasteiger partial charge in [-0.3, -0.25) is 0 Å². The zero-order chi connectivity index (χ0) is 8.43. The maximum Gasteiger partial charge on any atom is 0.342 e. The van der Waals surface area contributed by atoms with Crippen molar-refractivity contribution in [2.75, 3.05) is 7.11 Å². The molecule has 3 nitrogen and oxygen atoms in total. The lowest BCUT2D eigenvalue weighted by molar-refractivity contribution is 0.0595. The van der Waals surface area contributed by atoms with Gasteiger partial charge in [0.15, 0.2) is 5.82 Å². The molecule has 4 heteroatoms. The maximum absolute atomic E-state index is 12.7. The Morgan fingerprint density at radius 1 is 1.73 bits per heavy atom. The van der Waals surface area contributed by atoms with Crippen molar-refractivity contribution in [3.05, 3.63) is 23.3 Å². The Morgan fingerprint density at radius 3 is 2.73 bits per heavy atom. The molecule has 1 heterocycles. The summed E-state index contributed by atoms with van der Waals surface area (Å²) in [7, 11) is 1.22. The van der Waals surface area contributed by atoms with E-state index in [9.17, 15) is 9.18 Å². The van der Waals surface area contributed by atoms with E-state index < -0.39 is 11.8 Å². The maximum atomic E-state index is 12.7. The van der Waals surface area contributed by atoms with Crippen LogP contribution < -0.4 is 0 Å². The number of halogens is 1. The second-order valence-corrected chi connectivity index (χ2v) is 2.13. The van der Waals surface area contributed by atoms with Crippen molar-refractivity contribution in [3.63, 3.8) is 0 Å². The van der Waals surface area contributed by atoms with E-state index in [1.165, 1.54) is 7.11 Å². The first-order valence-electron chi connectivity index (χ1n) is 3.08. The van der Waals surface area contributed by atoms with Crippen LogP contribution in [0.15, 0.2) is 6.20 Å². The summed E-state index contributed by atoms with van der Waals surface area (Å²) in [6.07, 6.45) is 1.13. The number of ether oxygens (including phenoxy) is 1. The van der Waals surface area contributed by atoms with E-state index in [0.29, 0.717) is 5.69 Å². The van der Waals surface area contributed by atoms with E-state index >= 15 is 0 Å². The van der Waals surface area contributed by atoms with Gasteiger partial charge >= 0.3 is 5.97 Å². The number of hydrogen-bond donors (Lipinski definition) is 1. The van der Waals surface area contributed by atoms with Crippen LogP contribution in [0.2, 0.25) is 0 Å². The van der Waals surface area contributed by atoms with Gasteiger partial charge in [-0.2, -0.15) is 0 Å². The lowest BCUT2D eigenvalue weighted by Gasteiger charge is -1.96. The first kappa shape index (κ1) is 7.78. The Morgan fingerprint density at radius 2 is 2.36 bits per heavy atom. The second kappa shape index (κ2) is 2.74. The van der Waals surface area contributed by atoms with E-state index in [4.69, 9.17) is 0 Å². The van der Waals surface area contributed by atoms with E-state index in [1.54, 1.807) is 6.92 Å². The number of aromatic nitrogens is 1. The van der Waals surface area contributed by atoms with Crippen LogP contribution in [0.25, 0.3) is 0 Å². The highest BCUT2D eigenvalue weighted by atomic mass is 19.1. The molecular formula is C7H8FNO2. The topological polar surface area (TPSA) is 42.1 Å². The van der Waals surface area contributed by atoms with Crippen LogP contribution in [-0.4, -0.2) is 18.1 Å². The molecule has 0 aliphatic carbocycles. The quantitative estimate of drug-likeness (QED) is 0.623. The van der Waals surface area contributed by atoms with Gasteiger partial charge in [0.1, 0.15) is 5.56 Å². The highest BCUT2D eigenvalue weighted by Crippen LogP contribution is 2.11. The van der Waals surface area contributed by atoms with Crippen LogP contribution in [-0.2, 0) is 4.74 Å². The summed E-state index contributed by atoms with van der Waals surface area (Å²) in [6.45, 7) is 1.61. The summed E-state index contributed by atoms with van der Waals surface area (Å²) in [5.41, 5.74) is 0.460. The van der Waals surface area contributed by atoms with E-state index in [1.807, 2.05) is 0 Å². The Labute approximate surface area is 63.2 Å². The molecule has 0 spiro atoms. The molecule has 0 unspecified atom stereocenters. The summed E-state index contributed by atoms with van der Waals surface area (Å²) in [5.74, 6) is -1.23. The molecular weight excluding hydrogens is 149 g/mol. The van der Waals surface area contributed by atoms with Gasteiger partial charge in [-0.1, -0.05) is 0 Å². The number of aromatic amines is 1. The fraction of sp³-hybridized carbons (Fsp3) is 0.286. The number of rotatable bonds is 1. The van der Waals surface area contributed by atoms with Gasteiger partial charge in [-0.15, -0.1) is 0 Å². The minimum atomic E-state index is -0.652. The van der Waals surface area contributed by atoms with Crippen LogP contribution in [0.4, 0.5) is 4.39 Å². The number of carbonyl (C=O) groups excluding carboxylic acids is 1. The van der Waals surface area contributed by atoms with Crippen molar-refractivity contribution < 1.29 is 13.9 Å². The first-order chi connectivity index (χ1) is 5.16. The summed E-state index contributed by atoms with van der Waals surface area (Å²) in [6, 6.07) is 0. The van der Waals surface area contributed by atoms with E-state index in [2.05, 4.69) is 9.72 Å². The average molecular weight is 157 g/mol. The largest absolute Gasteiger partial charge is 0.465 e. The number of methoxy groups -OCH3 is 1. The summed E-state index contributed by atoms with van der Waals surface area (Å²) in [5, 5.41) is 0. The number of nitrogens with one attached hydrogen (secondary N) is 1. The molecule has 0 aromatic carbocycles. The predicted octanol–water partition coefficient (Wildman–Crippen LogP) is 1.25. The van der Waals surface area contributed by atoms with Gasteiger partial charge in [0.2, 0.25) is 0 Å². The van der Waals surface area contributed by atoms with Crippen LogP contribution >= 0.6 is 0 Å². The molecule has 11 heavy (non-hydrogen) atoms. The van der Waals surface area contributed by atoms with E-state index in [0.717, 1.165) is 6.20 Å². The van der Waals surface area contributed by atoms with E-state index in [-0.39, 0.29) is 5.56 Å². The molecule has 0 saturated carbocycles. The van der Waals surface area contributed by atoms with Crippen LogP contribution in [0.1, 0.15) is 16.1 Å². The van der Waals surface area contributed by atoms with Crippen LogP contribution in [0, 0.1) is 12.7 Å². The number of hydrogen-bond acceptors (Lipinski definition) is 2. The smallest absolute Gasteiger partial charge is 0.342 e. The molecule has 0 radical (unpaired) electrons. The monoisotopic (exact) mass is 157 g/mol. The highest BCUT2D eigenvalue weighted by molar-refractivity contribution is 5.90. The summed E-state index contributed by atoms with van der Waals surface area (Å²) >= 11 is 0. The lowest BCUT2D eigenvalue weighted by Crippen LogP contribution is -2.03. The van der Waals surface area contributed by atoms with Crippen LogP contribution in [0.5, 0.6) is 0 Å². The third-order valence-corrected chi connectivity index (χ3v) is 1.42. The average Bonchev–Trinajstić information content (AvgIpc) is 2.30. The number of carbonyl (C=O) groups is 1. The number of esters is 1. The van der Waals surface area contributed by atoms with Crippen molar-refractivity contribution >= 4 is 5.97 Å². The number of H-pyrrole nitrogens is 1. The molecule has 1 rings (SSSR count). The van der Waals surface area contributed by atoms with Gasteiger partial charge in [-0.05, 0) is 6.92 Å². The zero-order valence-corrected chi connectivity index (χ0v) is 6.27. The van der Waals surface area contributed by atoms with Crippen molar-refractivity contribution in [1.29, 1.82) is 0 Å². The lowest BCUT2D eigenvalue weighted by atomic mass is 10.2. The van der Waals surface area contributed by atoms with Gasteiger partial charge in [0, 0.05) is 11.9 Å². The molecule has 0 aliphatic rings. The number of aryl methyl sites for hydroxylation is 1. The van der Waals surface area contributed by atoms with Crippen LogP contribution in [0.3, 0.4) is 0 Å². The molecule has 0 bridgehead atoms. The van der Waals surface area contributed by atoms with Gasteiger partial charge in [0.05, 0.1) is 7.11 Å². The van der Waals surface area contributed by atoms with Gasteiger partial charge in [-0.25, -0.2) is 9.18 Å². The molecule has 1 aromatic heterocycles. The molecule has 0 atom stereocenters. The SMILES string of the molecule is COC(=O)c1c(F)c[nH]c1C.